The lowest BCUT2D eigenvalue weighted by Crippen LogP contribution is -2.34. The fourth-order valence-electron chi connectivity index (χ4n) is 4.15. The Kier molecular flexibility index (Phi) is 12.4. The first-order chi connectivity index (χ1) is 22.1. The van der Waals surface area contributed by atoms with E-state index in [4.69, 9.17) is 14.2 Å². The molecule has 0 spiro atoms. The van der Waals surface area contributed by atoms with E-state index < -0.39 is 36.7 Å². The number of hydrogen-bond acceptors (Lipinski definition) is 9. The zero-order valence-electron chi connectivity index (χ0n) is 25.6. The van der Waals surface area contributed by atoms with Gasteiger partial charge in [-0.2, -0.15) is 0 Å². The van der Waals surface area contributed by atoms with Crippen molar-refractivity contribution in [3.63, 3.8) is 0 Å². The minimum absolute atomic E-state index is 0.0318. The number of carbonyl (C=O) groups is 6. The highest BCUT2D eigenvalue weighted by molar-refractivity contribution is 6.04. The average molecular weight is 635 g/mol. The molecule has 242 valence electrons. The SMILES string of the molecule is CCNC(=O)c1cc(NC(=O)CNC(=O)c2cc(NC(=O)CNC(=O)c3cc(NC=O)ccc3OC)ccc2OC)ccc1OC. The van der Waals surface area contributed by atoms with Gasteiger partial charge in [-0.05, 0) is 61.5 Å². The number of carbonyl (C=O) groups excluding carboxylic acids is 6. The molecule has 3 aromatic rings. The minimum atomic E-state index is -0.662. The number of ether oxygens (including phenoxy) is 3. The Balaban J connectivity index is 1.61. The fourth-order valence-corrected chi connectivity index (χ4v) is 4.15. The van der Waals surface area contributed by atoms with Crippen molar-refractivity contribution in [2.75, 3.05) is 56.9 Å². The largest absolute Gasteiger partial charge is 0.496 e. The van der Waals surface area contributed by atoms with Crippen LogP contribution in [0.3, 0.4) is 0 Å². The molecule has 0 aromatic heterocycles. The van der Waals surface area contributed by atoms with Gasteiger partial charge in [0.2, 0.25) is 18.2 Å². The molecular formula is C31H34N6O9. The van der Waals surface area contributed by atoms with Gasteiger partial charge in [-0.15, -0.1) is 0 Å². The standard InChI is InChI=1S/C31H34N6O9/c1-5-32-29(41)22-13-19(7-10-25(22)45-3)36-28(40)16-34-31(43)23-14-20(8-11-26(23)46-4)37-27(39)15-33-30(42)21-12-18(35-17-38)6-9-24(21)44-2/h6-14,17H,5,15-16H2,1-4H3,(H,32,41)(H,33,42)(H,34,43)(H,35,38)(H,36,40)(H,37,39). The molecule has 0 atom stereocenters. The average Bonchev–Trinajstić information content (AvgIpc) is 3.06. The number of hydrogen-bond donors (Lipinski definition) is 6. The Morgan fingerprint density at radius 2 is 0.957 bits per heavy atom. The van der Waals surface area contributed by atoms with Crippen molar-refractivity contribution in [1.29, 1.82) is 0 Å². The zero-order valence-corrected chi connectivity index (χ0v) is 25.6. The Morgan fingerprint density at radius 3 is 1.33 bits per heavy atom. The Bertz CT molecular complexity index is 1630. The molecule has 15 heteroatoms. The van der Waals surface area contributed by atoms with Crippen LogP contribution in [0.5, 0.6) is 17.2 Å². The van der Waals surface area contributed by atoms with Crippen LogP contribution >= 0.6 is 0 Å². The summed E-state index contributed by atoms with van der Waals surface area (Å²) in [4.78, 5) is 73.9. The summed E-state index contributed by atoms with van der Waals surface area (Å²) in [6, 6.07) is 13.3. The normalized spacial score (nSPS) is 10.1. The molecular weight excluding hydrogens is 600 g/mol. The van der Waals surface area contributed by atoms with Crippen molar-refractivity contribution < 1.29 is 43.0 Å². The molecule has 0 saturated heterocycles. The van der Waals surface area contributed by atoms with Crippen LogP contribution in [-0.4, -0.2) is 76.9 Å². The molecule has 6 amide bonds. The molecule has 6 N–H and O–H groups in total. The summed E-state index contributed by atoms with van der Waals surface area (Å²) >= 11 is 0. The number of nitrogens with one attached hydrogen (secondary N) is 6. The summed E-state index contributed by atoms with van der Waals surface area (Å²) in [6.45, 7) is 1.34. The number of anilines is 3. The fraction of sp³-hybridized carbons (Fsp3) is 0.226. The highest BCUT2D eigenvalue weighted by atomic mass is 16.5. The van der Waals surface area contributed by atoms with Crippen LogP contribution in [0.4, 0.5) is 17.1 Å². The monoisotopic (exact) mass is 634 g/mol. The van der Waals surface area contributed by atoms with E-state index in [1.807, 2.05) is 0 Å². The molecule has 3 aromatic carbocycles. The molecule has 0 heterocycles. The van der Waals surface area contributed by atoms with Crippen LogP contribution in [0.15, 0.2) is 54.6 Å². The minimum Gasteiger partial charge on any atom is -0.496 e. The number of benzene rings is 3. The lowest BCUT2D eigenvalue weighted by molar-refractivity contribution is -0.116. The van der Waals surface area contributed by atoms with Gasteiger partial charge >= 0.3 is 0 Å². The second kappa shape index (κ2) is 16.7. The van der Waals surface area contributed by atoms with E-state index in [9.17, 15) is 28.8 Å². The quantitative estimate of drug-likeness (QED) is 0.135. The summed E-state index contributed by atoms with van der Waals surface area (Å²) < 4.78 is 15.7. The highest BCUT2D eigenvalue weighted by Gasteiger charge is 2.18. The maximum absolute atomic E-state index is 13.0. The molecule has 0 bridgehead atoms. The predicted molar refractivity (Wildman–Crippen MR) is 169 cm³/mol. The number of rotatable bonds is 15. The van der Waals surface area contributed by atoms with Crippen LogP contribution in [0.1, 0.15) is 38.0 Å². The van der Waals surface area contributed by atoms with E-state index in [-0.39, 0.29) is 39.8 Å². The van der Waals surface area contributed by atoms with Gasteiger partial charge < -0.3 is 46.1 Å². The molecule has 3 rings (SSSR count). The van der Waals surface area contributed by atoms with Crippen molar-refractivity contribution in [3.05, 3.63) is 71.3 Å². The van der Waals surface area contributed by atoms with E-state index in [1.54, 1.807) is 19.1 Å². The van der Waals surface area contributed by atoms with E-state index in [2.05, 4.69) is 31.9 Å². The maximum Gasteiger partial charge on any atom is 0.255 e. The lowest BCUT2D eigenvalue weighted by atomic mass is 10.1. The molecule has 15 nitrogen and oxygen atoms in total. The molecule has 46 heavy (non-hydrogen) atoms. The second-order valence-corrected chi connectivity index (χ2v) is 9.33. The van der Waals surface area contributed by atoms with Gasteiger partial charge in [-0.1, -0.05) is 0 Å². The summed E-state index contributed by atoms with van der Waals surface area (Å²) in [5, 5.41) is 15.3. The lowest BCUT2D eigenvalue weighted by Gasteiger charge is -2.14. The van der Waals surface area contributed by atoms with Crippen molar-refractivity contribution in [2.45, 2.75) is 6.92 Å². The van der Waals surface area contributed by atoms with Crippen LogP contribution in [0, 0.1) is 0 Å². The summed E-state index contributed by atoms with van der Waals surface area (Å²) in [7, 11) is 4.16. The molecule has 0 unspecified atom stereocenters. The molecule has 0 radical (unpaired) electrons. The third-order valence-corrected chi connectivity index (χ3v) is 6.28. The van der Waals surface area contributed by atoms with Gasteiger partial charge in [0.25, 0.3) is 17.7 Å². The second-order valence-electron chi connectivity index (χ2n) is 9.33. The number of amides is 6. The summed E-state index contributed by atoms with van der Waals surface area (Å²) in [6.07, 6.45) is 0.462. The molecule has 0 aliphatic carbocycles. The first-order valence-corrected chi connectivity index (χ1v) is 13.8. The smallest absolute Gasteiger partial charge is 0.255 e. The molecule has 0 fully saturated rings. The first-order valence-electron chi connectivity index (χ1n) is 13.8. The van der Waals surface area contributed by atoms with E-state index >= 15 is 0 Å². The molecule has 0 aliphatic rings. The highest BCUT2D eigenvalue weighted by Crippen LogP contribution is 2.25. The van der Waals surface area contributed by atoms with E-state index in [0.717, 1.165) is 0 Å². The van der Waals surface area contributed by atoms with Gasteiger partial charge in [-0.3, -0.25) is 28.8 Å². The third kappa shape index (κ3) is 9.19. The van der Waals surface area contributed by atoms with E-state index in [0.29, 0.717) is 30.1 Å². The Labute approximate surface area is 264 Å². The third-order valence-electron chi connectivity index (χ3n) is 6.28. The first kappa shape index (κ1) is 34.4. The molecule has 0 aliphatic heterocycles. The van der Waals surface area contributed by atoms with Crippen LogP contribution in [0.25, 0.3) is 0 Å². The Hall–Kier alpha value is -6.12. The maximum atomic E-state index is 13.0. The topological polar surface area (TPSA) is 202 Å². The predicted octanol–water partition coefficient (Wildman–Crippen LogP) is 1.77. The van der Waals surface area contributed by atoms with Gasteiger partial charge in [-0.25, -0.2) is 0 Å². The number of methoxy groups -OCH3 is 3. The van der Waals surface area contributed by atoms with Gasteiger partial charge in [0.05, 0.1) is 51.1 Å². The van der Waals surface area contributed by atoms with Crippen LogP contribution in [-0.2, 0) is 14.4 Å². The van der Waals surface area contributed by atoms with E-state index in [1.165, 1.54) is 63.8 Å². The van der Waals surface area contributed by atoms with Crippen molar-refractivity contribution in [1.82, 2.24) is 16.0 Å². The van der Waals surface area contributed by atoms with Gasteiger partial charge in [0.15, 0.2) is 0 Å². The molecule has 0 saturated carbocycles. The van der Waals surface area contributed by atoms with Crippen molar-refractivity contribution in [2.24, 2.45) is 0 Å². The zero-order chi connectivity index (χ0) is 33.6. The summed E-state index contributed by atoms with van der Waals surface area (Å²) in [5.74, 6) is -2.07. The van der Waals surface area contributed by atoms with Gasteiger partial charge in [0, 0.05) is 23.6 Å². The van der Waals surface area contributed by atoms with Crippen LogP contribution in [0.2, 0.25) is 0 Å². The van der Waals surface area contributed by atoms with Crippen molar-refractivity contribution in [3.8, 4) is 17.2 Å². The Morgan fingerprint density at radius 1 is 0.587 bits per heavy atom. The van der Waals surface area contributed by atoms with Crippen LogP contribution < -0.4 is 46.1 Å². The van der Waals surface area contributed by atoms with Crippen molar-refractivity contribution >= 4 is 53.0 Å². The summed E-state index contributed by atoms with van der Waals surface area (Å²) in [5.41, 5.74) is 1.27. The van der Waals surface area contributed by atoms with Gasteiger partial charge in [0.1, 0.15) is 17.2 Å².